The molecule has 0 heterocycles. The maximum Gasteiger partial charge on any atom is 0.253 e. The summed E-state index contributed by atoms with van der Waals surface area (Å²) in [6.45, 7) is 1.98. The minimum absolute atomic E-state index is 0. The fourth-order valence-corrected chi connectivity index (χ4v) is 3.17. The van der Waals surface area contributed by atoms with E-state index in [0.717, 1.165) is 32.1 Å². The molecule has 0 bridgehead atoms. The van der Waals surface area contributed by atoms with Gasteiger partial charge in [-0.15, -0.1) is 12.4 Å². The van der Waals surface area contributed by atoms with Crippen LogP contribution in [0.3, 0.4) is 0 Å². The lowest BCUT2D eigenvalue weighted by molar-refractivity contribution is -0.117. The molecule has 0 radical (unpaired) electrons. The largest absolute Gasteiger partial charge is 0.349 e. The van der Waals surface area contributed by atoms with Crippen molar-refractivity contribution >= 4 is 41.5 Å². The zero-order valence-corrected chi connectivity index (χ0v) is 16.1. The van der Waals surface area contributed by atoms with Gasteiger partial charge in [0.05, 0.1) is 16.6 Å². The number of nitrogens with two attached hydrogens (primary N) is 1. The molecule has 5 nitrogen and oxygen atoms in total. The molecule has 7 heteroatoms. The summed E-state index contributed by atoms with van der Waals surface area (Å²) in [6, 6.07) is 4.56. The van der Waals surface area contributed by atoms with Crippen molar-refractivity contribution in [2.24, 2.45) is 5.73 Å². The Morgan fingerprint density at radius 2 is 1.96 bits per heavy atom. The number of hydrogen-bond acceptors (Lipinski definition) is 3. The maximum atomic E-state index is 12.5. The van der Waals surface area contributed by atoms with Gasteiger partial charge in [0, 0.05) is 11.7 Å². The summed E-state index contributed by atoms with van der Waals surface area (Å²) < 4.78 is 0. The predicted octanol–water partition coefficient (Wildman–Crippen LogP) is 3.89. The molecule has 1 aromatic carbocycles. The summed E-state index contributed by atoms with van der Waals surface area (Å²) in [7, 11) is 0. The first kappa shape index (κ1) is 21.7. The van der Waals surface area contributed by atoms with Crippen LogP contribution in [0.5, 0.6) is 0 Å². The van der Waals surface area contributed by atoms with E-state index < -0.39 is 6.04 Å². The van der Waals surface area contributed by atoms with Gasteiger partial charge in [-0.3, -0.25) is 9.59 Å². The Morgan fingerprint density at radius 1 is 1.28 bits per heavy atom. The van der Waals surface area contributed by atoms with Crippen molar-refractivity contribution in [2.45, 2.75) is 64.0 Å². The molecule has 1 aliphatic rings. The van der Waals surface area contributed by atoms with E-state index in [9.17, 15) is 9.59 Å². The standard InChI is InChI=1S/C18H26ClN3O2.ClH/c1-2-6-16(20)18(24)22-13-9-10-15(19)14(11-13)17(23)21-12-7-4-3-5-8-12;/h9-12,16H,2-8,20H2,1H3,(H,21,23)(H,22,24);1H. The highest BCUT2D eigenvalue weighted by atomic mass is 35.5. The van der Waals surface area contributed by atoms with Crippen LogP contribution < -0.4 is 16.4 Å². The molecule has 4 N–H and O–H groups in total. The average molecular weight is 388 g/mol. The molecule has 0 spiro atoms. The minimum atomic E-state index is -0.551. The summed E-state index contributed by atoms with van der Waals surface area (Å²) in [5.41, 5.74) is 6.72. The highest BCUT2D eigenvalue weighted by Gasteiger charge is 2.19. The molecule has 2 amide bonds. The second-order valence-electron chi connectivity index (χ2n) is 6.39. The van der Waals surface area contributed by atoms with Crippen molar-refractivity contribution in [3.05, 3.63) is 28.8 Å². The van der Waals surface area contributed by atoms with Crippen LogP contribution in [0.1, 0.15) is 62.2 Å². The van der Waals surface area contributed by atoms with E-state index in [2.05, 4.69) is 10.6 Å². The van der Waals surface area contributed by atoms with Crippen molar-refractivity contribution in [3.63, 3.8) is 0 Å². The average Bonchev–Trinajstić information content (AvgIpc) is 2.57. The normalized spacial score (nSPS) is 15.8. The number of carbonyl (C=O) groups excluding carboxylic acids is 2. The van der Waals surface area contributed by atoms with E-state index in [4.69, 9.17) is 17.3 Å². The van der Waals surface area contributed by atoms with E-state index in [0.29, 0.717) is 22.7 Å². The molecule has 1 saturated carbocycles. The molecule has 1 unspecified atom stereocenters. The van der Waals surface area contributed by atoms with Gasteiger partial charge < -0.3 is 16.4 Å². The molecular weight excluding hydrogens is 361 g/mol. The molecule has 1 atom stereocenters. The molecule has 1 aliphatic carbocycles. The van der Waals surface area contributed by atoms with E-state index in [1.807, 2.05) is 6.92 Å². The van der Waals surface area contributed by atoms with Crippen molar-refractivity contribution < 1.29 is 9.59 Å². The van der Waals surface area contributed by atoms with E-state index in [1.165, 1.54) is 6.42 Å². The first-order valence-electron chi connectivity index (χ1n) is 8.68. The molecule has 0 aromatic heterocycles. The van der Waals surface area contributed by atoms with Crippen molar-refractivity contribution in [1.29, 1.82) is 0 Å². The third kappa shape index (κ3) is 6.49. The van der Waals surface area contributed by atoms with Gasteiger partial charge in [0.25, 0.3) is 5.91 Å². The molecular formula is C18H27Cl2N3O2. The van der Waals surface area contributed by atoms with Crippen LogP contribution in [0.2, 0.25) is 5.02 Å². The minimum Gasteiger partial charge on any atom is -0.349 e. The molecule has 25 heavy (non-hydrogen) atoms. The summed E-state index contributed by atoms with van der Waals surface area (Å²) in [6.07, 6.45) is 6.98. The monoisotopic (exact) mass is 387 g/mol. The van der Waals surface area contributed by atoms with Gasteiger partial charge in [-0.1, -0.05) is 44.2 Å². The summed E-state index contributed by atoms with van der Waals surface area (Å²) in [5.74, 6) is -0.446. The highest BCUT2D eigenvalue weighted by Crippen LogP contribution is 2.23. The zero-order valence-electron chi connectivity index (χ0n) is 14.5. The van der Waals surface area contributed by atoms with Gasteiger partial charge in [0.15, 0.2) is 0 Å². The third-order valence-electron chi connectivity index (χ3n) is 4.36. The Balaban J connectivity index is 0.00000312. The Morgan fingerprint density at radius 3 is 2.60 bits per heavy atom. The summed E-state index contributed by atoms with van der Waals surface area (Å²) in [5, 5.41) is 6.16. The van der Waals surface area contributed by atoms with E-state index >= 15 is 0 Å². The van der Waals surface area contributed by atoms with Gasteiger partial charge in [0.2, 0.25) is 5.91 Å². The van der Waals surface area contributed by atoms with Crippen LogP contribution in [0.4, 0.5) is 5.69 Å². The van der Waals surface area contributed by atoms with Crippen LogP contribution in [-0.2, 0) is 4.79 Å². The molecule has 1 aromatic rings. The predicted molar refractivity (Wildman–Crippen MR) is 105 cm³/mol. The van der Waals surface area contributed by atoms with Crippen molar-refractivity contribution in [3.8, 4) is 0 Å². The van der Waals surface area contributed by atoms with Crippen LogP contribution in [-0.4, -0.2) is 23.9 Å². The number of anilines is 1. The van der Waals surface area contributed by atoms with Gasteiger partial charge in [-0.25, -0.2) is 0 Å². The van der Waals surface area contributed by atoms with E-state index in [-0.39, 0.29) is 30.3 Å². The fourth-order valence-electron chi connectivity index (χ4n) is 2.96. The van der Waals surface area contributed by atoms with Crippen molar-refractivity contribution in [1.82, 2.24) is 5.32 Å². The third-order valence-corrected chi connectivity index (χ3v) is 4.68. The van der Waals surface area contributed by atoms with E-state index in [1.54, 1.807) is 18.2 Å². The SMILES string of the molecule is CCCC(N)C(=O)Nc1ccc(Cl)c(C(=O)NC2CCCCC2)c1.Cl. The van der Waals surface area contributed by atoms with Crippen LogP contribution in [0.25, 0.3) is 0 Å². The molecule has 0 aliphatic heterocycles. The number of amides is 2. The molecule has 140 valence electrons. The smallest absolute Gasteiger partial charge is 0.253 e. The van der Waals surface area contributed by atoms with Gasteiger partial charge in [-0.2, -0.15) is 0 Å². The van der Waals surface area contributed by atoms with Gasteiger partial charge in [0.1, 0.15) is 0 Å². The lowest BCUT2D eigenvalue weighted by Crippen LogP contribution is -2.36. The van der Waals surface area contributed by atoms with Crippen LogP contribution in [0.15, 0.2) is 18.2 Å². The summed E-state index contributed by atoms with van der Waals surface area (Å²) in [4.78, 5) is 24.5. The topological polar surface area (TPSA) is 84.2 Å². The fraction of sp³-hybridized carbons (Fsp3) is 0.556. The zero-order chi connectivity index (χ0) is 17.5. The van der Waals surface area contributed by atoms with Gasteiger partial charge in [-0.05, 0) is 37.5 Å². The number of carbonyl (C=O) groups is 2. The van der Waals surface area contributed by atoms with Crippen LogP contribution in [0, 0.1) is 0 Å². The number of nitrogens with one attached hydrogen (secondary N) is 2. The lowest BCUT2D eigenvalue weighted by atomic mass is 9.95. The second kappa shape index (κ2) is 10.6. The lowest BCUT2D eigenvalue weighted by Gasteiger charge is -2.23. The number of halogens is 2. The number of hydrogen-bond donors (Lipinski definition) is 3. The van der Waals surface area contributed by atoms with Crippen molar-refractivity contribution in [2.75, 3.05) is 5.32 Å². The van der Waals surface area contributed by atoms with Crippen LogP contribution >= 0.6 is 24.0 Å². The summed E-state index contributed by atoms with van der Waals surface area (Å²) >= 11 is 6.16. The molecule has 1 fully saturated rings. The Hall–Kier alpha value is -1.30. The quantitative estimate of drug-likeness (QED) is 0.691. The number of benzene rings is 1. The Bertz CT molecular complexity index is 590. The maximum absolute atomic E-state index is 12.5. The molecule has 2 rings (SSSR count). The highest BCUT2D eigenvalue weighted by molar-refractivity contribution is 6.34. The Kier molecular flexibility index (Phi) is 9.25. The first-order valence-corrected chi connectivity index (χ1v) is 9.06. The Labute approximate surface area is 160 Å². The second-order valence-corrected chi connectivity index (χ2v) is 6.79. The molecule has 0 saturated heterocycles. The van der Waals surface area contributed by atoms with Gasteiger partial charge >= 0.3 is 0 Å². The first-order chi connectivity index (χ1) is 11.5. The number of rotatable bonds is 6.